The summed E-state index contributed by atoms with van der Waals surface area (Å²) in [6.07, 6.45) is 0. The van der Waals surface area contributed by atoms with E-state index in [-0.39, 0.29) is 11.6 Å². The third-order valence-electron chi connectivity index (χ3n) is 3.78. The Kier molecular flexibility index (Phi) is 5.76. The molecule has 1 heterocycles. The van der Waals surface area contributed by atoms with Gasteiger partial charge in [-0.25, -0.2) is 4.79 Å². The van der Waals surface area contributed by atoms with Gasteiger partial charge in [0.25, 0.3) is 0 Å². The topological polar surface area (TPSA) is 44.8 Å². The van der Waals surface area contributed by atoms with Crippen LogP contribution in [0.1, 0.15) is 26.3 Å². The molecule has 1 aromatic rings. The summed E-state index contributed by atoms with van der Waals surface area (Å²) in [6, 6.07) is 5.68. The normalized spacial score (nSPS) is 16.3. The fourth-order valence-electron chi connectivity index (χ4n) is 2.62. The first-order chi connectivity index (χ1) is 10.8. The van der Waals surface area contributed by atoms with Gasteiger partial charge in [0.05, 0.1) is 7.11 Å². The number of carbonyl (C=O) groups excluding carboxylic acids is 1. The number of piperazine rings is 1. The fourth-order valence-corrected chi connectivity index (χ4v) is 2.82. The molecule has 1 N–H and O–H groups in total. The van der Waals surface area contributed by atoms with E-state index in [1.54, 1.807) is 7.11 Å². The molecule has 2 amide bonds. The second-order valence-electron chi connectivity index (χ2n) is 6.90. The van der Waals surface area contributed by atoms with Gasteiger partial charge in [-0.1, -0.05) is 11.6 Å². The molecule has 23 heavy (non-hydrogen) atoms. The van der Waals surface area contributed by atoms with Gasteiger partial charge in [-0.05, 0) is 39.0 Å². The number of methoxy groups -OCH3 is 1. The Hall–Kier alpha value is -1.46. The summed E-state index contributed by atoms with van der Waals surface area (Å²) in [4.78, 5) is 16.4. The smallest absolute Gasteiger partial charge is 0.317 e. The number of urea groups is 1. The van der Waals surface area contributed by atoms with E-state index in [1.807, 2.05) is 43.9 Å². The zero-order valence-corrected chi connectivity index (χ0v) is 15.1. The predicted molar refractivity (Wildman–Crippen MR) is 93.1 cm³/mol. The van der Waals surface area contributed by atoms with Gasteiger partial charge in [-0.2, -0.15) is 0 Å². The molecule has 1 aliphatic rings. The van der Waals surface area contributed by atoms with E-state index >= 15 is 0 Å². The van der Waals surface area contributed by atoms with Crippen molar-refractivity contribution in [2.45, 2.75) is 32.9 Å². The molecule has 1 aliphatic heterocycles. The summed E-state index contributed by atoms with van der Waals surface area (Å²) >= 11 is 6.08. The van der Waals surface area contributed by atoms with Gasteiger partial charge in [0.15, 0.2) is 0 Å². The number of halogens is 1. The highest BCUT2D eigenvalue weighted by molar-refractivity contribution is 6.30. The average Bonchev–Trinajstić information content (AvgIpc) is 2.46. The first kappa shape index (κ1) is 17.9. The van der Waals surface area contributed by atoms with Crippen molar-refractivity contribution >= 4 is 17.6 Å². The Morgan fingerprint density at radius 2 is 1.91 bits per heavy atom. The molecular formula is C17H26ClN3O2. The molecule has 1 fully saturated rings. The SMILES string of the molecule is COc1ccc(Cl)cc1CN1CCN(C(=O)NC(C)(C)C)CC1. The summed E-state index contributed by atoms with van der Waals surface area (Å²) in [7, 11) is 1.67. The van der Waals surface area contributed by atoms with Crippen molar-refractivity contribution in [1.29, 1.82) is 0 Å². The Bertz CT molecular complexity index is 549. The first-order valence-corrected chi connectivity index (χ1v) is 8.28. The Labute approximate surface area is 143 Å². The van der Waals surface area contributed by atoms with Crippen molar-refractivity contribution in [1.82, 2.24) is 15.1 Å². The fraction of sp³-hybridized carbons (Fsp3) is 0.588. The summed E-state index contributed by atoms with van der Waals surface area (Å²) in [6.45, 7) is 9.89. The molecule has 0 saturated carbocycles. The molecule has 128 valence electrons. The summed E-state index contributed by atoms with van der Waals surface area (Å²) in [5, 5.41) is 3.72. The van der Waals surface area contributed by atoms with Crippen LogP contribution in [0.25, 0.3) is 0 Å². The van der Waals surface area contributed by atoms with Crippen molar-refractivity contribution in [2.24, 2.45) is 0 Å². The van der Waals surface area contributed by atoms with Crippen LogP contribution in [-0.4, -0.2) is 54.7 Å². The summed E-state index contributed by atoms with van der Waals surface area (Å²) in [5.41, 5.74) is 0.870. The molecule has 1 saturated heterocycles. The van der Waals surface area contributed by atoms with E-state index in [9.17, 15) is 4.79 Å². The van der Waals surface area contributed by atoms with Crippen molar-refractivity contribution in [3.05, 3.63) is 28.8 Å². The number of amides is 2. The third-order valence-corrected chi connectivity index (χ3v) is 4.01. The number of hydrogen-bond donors (Lipinski definition) is 1. The molecular weight excluding hydrogens is 314 g/mol. The third kappa shape index (κ3) is 5.29. The van der Waals surface area contributed by atoms with Crippen LogP contribution < -0.4 is 10.1 Å². The zero-order valence-electron chi connectivity index (χ0n) is 14.4. The van der Waals surface area contributed by atoms with Gasteiger partial charge in [0.2, 0.25) is 0 Å². The molecule has 0 radical (unpaired) electrons. The monoisotopic (exact) mass is 339 g/mol. The molecule has 0 aliphatic carbocycles. The van der Waals surface area contributed by atoms with Crippen LogP contribution in [-0.2, 0) is 6.54 Å². The van der Waals surface area contributed by atoms with E-state index in [0.717, 1.165) is 44.0 Å². The lowest BCUT2D eigenvalue weighted by atomic mass is 10.1. The molecule has 1 aromatic carbocycles. The van der Waals surface area contributed by atoms with E-state index in [0.29, 0.717) is 5.02 Å². The minimum Gasteiger partial charge on any atom is -0.496 e. The quantitative estimate of drug-likeness (QED) is 0.920. The van der Waals surface area contributed by atoms with Gasteiger partial charge in [-0.3, -0.25) is 4.90 Å². The highest BCUT2D eigenvalue weighted by Crippen LogP contribution is 2.24. The minimum atomic E-state index is -0.206. The van der Waals surface area contributed by atoms with Crippen molar-refractivity contribution in [3.63, 3.8) is 0 Å². The number of nitrogens with zero attached hydrogens (tertiary/aromatic N) is 2. The molecule has 0 unspecified atom stereocenters. The van der Waals surface area contributed by atoms with Gasteiger partial charge in [0, 0.05) is 48.8 Å². The Morgan fingerprint density at radius 3 is 2.48 bits per heavy atom. The largest absolute Gasteiger partial charge is 0.496 e. The lowest BCUT2D eigenvalue weighted by Gasteiger charge is -2.36. The van der Waals surface area contributed by atoms with E-state index < -0.39 is 0 Å². The zero-order chi connectivity index (χ0) is 17.0. The molecule has 2 rings (SSSR count). The van der Waals surface area contributed by atoms with Crippen molar-refractivity contribution < 1.29 is 9.53 Å². The number of hydrogen-bond acceptors (Lipinski definition) is 3. The van der Waals surface area contributed by atoms with Crippen LogP contribution in [0.2, 0.25) is 5.02 Å². The molecule has 5 nitrogen and oxygen atoms in total. The van der Waals surface area contributed by atoms with E-state index in [2.05, 4.69) is 10.2 Å². The number of rotatable bonds is 3. The minimum absolute atomic E-state index is 0.0116. The molecule has 0 atom stereocenters. The van der Waals surface area contributed by atoms with Gasteiger partial charge in [0.1, 0.15) is 5.75 Å². The average molecular weight is 340 g/mol. The lowest BCUT2D eigenvalue weighted by Crippen LogP contribution is -2.54. The van der Waals surface area contributed by atoms with Crippen molar-refractivity contribution in [3.8, 4) is 5.75 Å². The van der Waals surface area contributed by atoms with Crippen LogP contribution in [0.4, 0.5) is 4.79 Å². The molecule has 0 bridgehead atoms. The summed E-state index contributed by atoms with van der Waals surface area (Å²) < 4.78 is 5.40. The van der Waals surface area contributed by atoms with Crippen LogP contribution >= 0.6 is 11.6 Å². The van der Waals surface area contributed by atoms with Crippen LogP contribution in [0.5, 0.6) is 5.75 Å². The van der Waals surface area contributed by atoms with E-state index in [4.69, 9.17) is 16.3 Å². The highest BCUT2D eigenvalue weighted by atomic mass is 35.5. The van der Waals surface area contributed by atoms with Crippen LogP contribution in [0.15, 0.2) is 18.2 Å². The predicted octanol–water partition coefficient (Wildman–Crippen LogP) is 2.97. The van der Waals surface area contributed by atoms with Gasteiger partial charge < -0.3 is 15.0 Å². The first-order valence-electron chi connectivity index (χ1n) is 7.90. The standard InChI is InChI=1S/C17H26ClN3O2/c1-17(2,3)19-16(22)21-9-7-20(8-10-21)12-13-11-14(18)5-6-15(13)23-4/h5-6,11H,7-10,12H2,1-4H3,(H,19,22). The molecule has 0 spiro atoms. The van der Waals surface area contributed by atoms with Gasteiger partial charge >= 0.3 is 6.03 Å². The maximum atomic E-state index is 12.2. The summed E-state index contributed by atoms with van der Waals surface area (Å²) in [5.74, 6) is 0.849. The van der Waals surface area contributed by atoms with Crippen molar-refractivity contribution in [2.75, 3.05) is 33.3 Å². The highest BCUT2D eigenvalue weighted by Gasteiger charge is 2.24. The molecule has 6 heteroatoms. The maximum Gasteiger partial charge on any atom is 0.317 e. The Morgan fingerprint density at radius 1 is 1.26 bits per heavy atom. The van der Waals surface area contributed by atoms with Crippen LogP contribution in [0, 0.1) is 0 Å². The number of ether oxygens (including phenoxy) is 1. The maximum absolute atomic E-state index is 12.2. The Balaban J connectivity index is 1.90. The number of nitrogens with one attached hydrogen (secondary N) is 1. The van der Waals surface area contributed by atoms with Crippen LogP contribution in [0.3, 0.4) is 0 Å². The molecule has 0 aromatic heterocycles. The van der Waals surface area contributed by atoms with E-state index in [1.165, 1.54) is 0 Å². The second-order valence-corrected chi connectivity index (χ2v) is 7.34. The number of benzene rings is 1. The lowest BCUT2D eigenvalue weighted by molar-refractivity contribution is 0.130. The second kappa shape index (κ2) is 7.41. The van der Waals surface area contributed by atoms with Gasteiger partial charge in [-0.15, -0.1) is 0 Å². The number of carbonyl (C=O) groups is 1.